The fourth-order valence-corrected chi connectivity index (χ4v) is 5.31. The molecule has 2 aromatic carbocycles. The number of anilines is 1. The summed E-state index contributed by atoms with van der Waals surface area (Å²) in [6.07, 6.45) is -0.000814. The Morgan fingerprint density at radius 3 is 2.39 bits per heavy atom. The maximum atomic E-state index is 14.7. The second-order valence-corrected chi connectivity index (χ2v) is 15.4. The Morgan fingerprint density at radius 1 is 1.12 bits per heavy atom. The van der Waals surface area contributed by atoms with Gasteiger partial charge in [0.25, 0.3) is 5.91 Å². The van der Waals surface area contributed by atoms with Crippen LogP contribution in [0.15, 0.2) is 36.4 Å². The third-order valence-electron chi connectivity index (χ3n) is 5.50. The topological polar surface area (TPSA) is 67.9 Å². The number of hydrogen-bond donors (Lipinski definition) is 1. The molecule has 2 aromatic rings. The van der Waals surface area contributed by atoms with Crippen LogP contribution in [0.2, 0.25) is 19.6 Å². The fraction of sp³-hybridized carbons (Fsp3) is 0.440. The summed E-state index contributed by atoms with van der Waals surface area (Å²) < 4.78 is 25.6. The van der Waals surface area contributed by atoms with Crippen molar-refractivity contribution in [2.75, 3.05) is 19.0 Å². The zero-order valence-corrected chi connectivity index (χ0v) is 21.4. The number of ether oxygens (including phenoxy) is 2. The first kappa shape index (κ1) is 24.8. The van der Waals surface area contributed by atoms with Gasteiger partial charge in [-0.1, -0.05) is 31.8 Å². The van der Waals surface area contributed by atoms with Crippen LogP contribution in [0.25, 0.3) is 0 Å². The molecule has 1 aliphatic rings. The van der Waals surface area contributed by atoms with Gasteiger partial charge in [-0.05, 0) is 67.8 Å². The van der Waals surface area contributed by atoms with Crippen molar-refractivity contribution >= 4 is 30.9 Å². The number of halogens is 1. The van der Waals surface area contributed by atoms with E-state index in [1.807, 2.05) is 6.07 Å². The van der Waals surface area contributed by atoms with E-state index in [1.54, 1.807) is 52.1 Å². The van der Waals surface area contributed by atoms with E-state index < -0.39 is 31.7 Å². The van der Waals surface area contributed by atoms with Crippen molar-refractivity contribution in [1.82, 2.24) is 4.90 Å². The Morgan fingerprint density at radius 2 is 1.82 bits per heavy atom. The molecule has 1 atom stereocenters. The summed E-state index contributed by atoms with van der Waals surface area (Å²) in [6.45, 7) is 11.9. The normalized spacial score (nSPS) is 16.1. The molecule has 0 radical (unpaired) electrons. The minimum Gasteiger partial charge on any atom is -0.497 e. The molecule has 0 saturated heterocycles. The second kappa shape index (κ2) is 9.17. The molecule has 6 nitrogen and oxygen atoms in total. The molecule has 33 heavy (non-hydrogen) atoms. The summed E-state index contributed by atoms with van der Waals surface area (Å²) in [7, 11) is -0.264. The predicted molar refractivity (Wildman–Crippen MR) is 130 cm³/mol. The Balaban J connectivity index is 1.95. The number of fused-ring (bicyclic) bond motifs is 1. The minimum atomic E-state index is -1.85. The monoisotopic (exact) mass is 472 g/mol. The van der Waals surface area contributed by atoms with Gasteiger partial charge in [0.2, 0.25) is 0 Å². The molecular formula is C25H33FN2O4Si. The van der Waals surface area contributed by atoms with Crippen LogP contribution in [0.5, 0.6) is 5.75 Å². The molecule has 0 saturated carbocycles. The van der Waals surface area contributed by atoms with E-state index in [4.69, 9.17) is 9.47 Å². The molecule has 2 amide bonds. The van der Waals surface area contributed by atoms with E-state index in [1.165, 1.54) is 11.0 Å². The SMILES string of the molecule is COc1ccc2c(c1)CCN(C(=O)OC(C)(C)C)C2C(=O)Nc1ccc([Si](C)(C)C)c(F)c1. The van der Waals surface area contributed by atoms with Crippen molar-refractivity contribution in [2.24, 2.45) is 0 Å². The maximum Gasteiger partial charge on any atom is 0.411 e. The van der Waals surface area contributed by atoms with Crippen molar-refractivity contribution in [1.29, 1.82) is 0 Å². The number of benzene rings is 2. The molecule has 0 bridgehead atoms. The lowest BCUT2D eigenvalue weighted by molar-refractivity contribution is -0.121. The van der Waals surface area contributed by atoms with Crippen LogP contribution in [0, 0.1) is 5.82 Å². The molecule has 0 aliphatic carbocycles. The minimum absolute atomic E-state index is 0.316. The Hall–Kier alpha value is -2.87. The Kier molecular flexibility index (Phi) is 6.88. The molecule has 1 unspecified atom stereocenters. The smallest absolute Gasteiger partial charge is 0.411 e. The standard InChI is InChI=1S/C25H33FN2O4Si/c1-25(2,3)32-24(30)28-13-12-16-14-18(31-4)9-10-19(16)22(28)23(29)27-17-8-11-21(20(26)15-17)33(5,6)7/h8-11,14-15,22H,12-13H2,1-7H3,(H,27,29). The summed E-state index contributed by atoms with van der Waals surface area (Å²) >= 11 is 0. The van der Waals surface area contributed by atoms with Crippen LogP contribution < -0.4 is 15.2 Å². The summed E-state index contributed by atoms with van der Waals surface area (Å²) in [5.74, 6) is -0.0699. The van der Waals surface area contributed by atoms with Crippen molar-refractivity contribution < 1.29 is 23.5 Å². The van der Waals surface area contributed by atoms with Gasteiger partial charge in [0.15, 0.2) is 0 Å². The van der Waals surface area contributed by atoms with Gasteiger partial charge in [0.1, 0.15) is 23.2 Å². The maximum absolute atomic E-state index is 14.7. The Bertz CT molecular complexity index is 1060. The first-order valence-electron chi connectivity index (χ1n) is 11.1. The first-order chi connectivity index (χ1) is 15.3. The highest BCUT2D eigenvalue weighted by molar-refractivity contribution is 6.88. The van der Waals surface area contributed by atoms with E-state index in [0.717, 1.165) is 5.56 Å². The van der Waals surface area contributed by atoms with Crippen molar-refractivity contribution in [2.45, 2.75) is 58.5 Å². The summed E-state index contributed by atoms with van der Waals surface area (Å²) in [5.41, 5.74) is 1.28. The number of nitrogens with one attached hydrogen (secondary N) is 1. The molecule has 1 heterocycles. The average Bonchev–Trinajstić information content (AvgIpc) is 2.70. The number of carbonyl (C=O) groups is 2. The first-order valence-corrected chi connectivity index (χ1v) is 14.6. The summed E-state index contributed by atoms with van der Waals surface area (Å²) in [4.78, 5) is 27.9. The second-order valence-electron chi connectivity index (χ2n) is 10.3. The summed E-state index contributed by atoms with van der Waals surface area (Å²) in [5, 5.41) is 3.50. The van der Waals surface area contributed by atoms with Gasteiger partial charge in [-0.3, -0.25) is 9.69 Å². The van der Waals surface area contributed by atoms with E-state index in [9.17, 15) is 14.0 Å². The zero-order chi connectivity index (χ0) is 24.6. The average molecular weight is 473 g/mol. The molecule has 1 N–H and O–H groups in total. The highest BCUT2D eigenvalue weighted by Crippen LogP contribution is 2.34. The van der Waals surface area contributed by atoms with E-state index >= 15 is 0 Å². The number of hydrogen-bond acceptors (Lipinski definition) is 4. The number of rotatable bonds is 4. The molecule has 3 rings (SSSR count). The van der Waals surface area contributed by atoms with E-state index in [-0.39, 0.29) is 5.82 Å². The molecule has 178 valence electrons. The molecular weight excluding hydrogens is 439 g/mol. The van der Waals surface area contributed by atoms with Gasteiger partial charge in [-0.25, -0.2) is 9.18 Å². The van der Waals surface area contributed by atoms with Crippen LogP contribution in [0.3, 0.4) is 0 Å². The van der Waals surface area contributed by atoms with E-state index in [2.05, 4.69) is 25.0 Å². The van der Waals surface area contributed by atoms with Gasteiger partial charge in [0.05, 0.1) is 15.2 Å². The number of nitrogens with zero attached hydrogens (tertiary/aromatic N) is 1. The lowest BCUT2D eigenvalue weighted by Gasteiger charge is -2.37. The third-order valence-corrected chi connectivity index (χ3v) is 7.52. The Labute approximate surface area is 196 Å². The lowest BCUT2D eigenvalue weighted by atomic mass is 9.92. The highest BCUT2D eigenvalue weighted by Gasteiger charge is 2.38. The fourth-order valence-electron chi connectivity index (χ4n) is 3.94. The van der Waals surface area contributed by atoms with Crippen LogP contribution >= 0.6 is 0 Å². The van der Waals surface area contributed by atoms with Crippen molar-refractivity contribution in [3.05, 3.63) is 53.3 Å². The molecule has 0 aromatic heterocycles. The van der Waals surface area contributed by atoms with Gasteiger partial charge in [-0.2, -0.15) is 0 Å². The number of amides is 2. The van der Waals surface area contributed by atoms with Gasteiger partial charge >= 0.3 is 6.09 Å². The number of methoxy groups -OCH3 is 1. The largest absolute Gasteiger partial charge is 0.497 e. The molecule has 1 aliphatic heterocycles. The molecule has 8 heteroatoms. The third kappa shape index (κ3) is 5.74. The highest BCUT2D eigenvalue weighted by atomic mass is 28.3. The summed E-state index contributed by atoms with van der Waals surface area (Å²) in [6, 6.07) is 9.33. The van der Waals surface area contributed by atoms with Crippen LogP contribution in [0.1, 0.15) is 37.9 Å². The van der Waals surface area contributed by atoms with Crippen LogP contribution in [-0.2, 0) is 16.0 Å². The van der Waals surface area contributed by atoms with Gasteiger partial charge in [0, 0.05) is 12.2 Å². The lowest BCUT2D eigenvalue weighted by Crippen LogP contribution is -2.47. The van der Waals surface area contributed by atoms with Gasteiger partial charge in [-0.15, -0.1) is 0 Å². The molecule has 0 fully saturated rings. The van der Waals surface area contributed by atoms with Crippen molar-refractivity contribution in [3.63, 3.8) is 0 Å². The van der Waals surface area contributed by atoms with Crippen LogP contribution in [0.4, 0.5) is 14.9 Å². The van der Waals surface area contributed by atoms with E-state index in [0.29, 0.717) is 35.2 Å². The van der Waals surface area contributed by atoms with Crippen molar-refractivity contribution in [3.8, 4) is 5.75 Å². The quantitative estimate of drug-likeness (QED) is 0.646. The van der Waals surface area contributed by atoms with Crippen LogP contribution in [-0.4, -0.2) is 44.2 Å². The zero-order valence-electron chi connectivity index (χ0n) is 20.4. The molecule has 0 spiro atoms. The van der Waals surface area contributed by atoms with Gasteiger partial charge < -0.3 is 14.8 Å². The number of carbonyl (C=O) groups excluding carboxylic acids is 2. The predicted octanol–water partition coefficient (Wildman–Crippen LogP) is 4.85.